The number of nitrogens with one attached hydrogen (secondary N) is 1. The number of hydrogen-bond acceptors (Lipinski definition) is 0. The van der Waals surface area contributed by atoms with Crippen LogP contribution in [0.3, 0.4) is 0 Å². The molecule has 1 atom stereocenters. The van der Waals surface area contributed by atoms with Crippen molar-refractivity contribution in [2.45, 2.75) is 13.0 Å². The van der Waals surface area contributed by atoms with E-state index in [0.717, 1.165) is 13.0 Å². The van der Waals surface area contributed by atoms with Crippen molar-refractivity contribution >= 4 is 0 Å². The molecular weight excluding hydrogens is 238 g/mol. The van der Waals surface area contributed by atoms with Crippen molar-refractivity contribution in [3.05, 3.63) is 48.6 Å². The quantitative estimate of drug-likeness (QED) is 0.598. The van der Waals surface area contributed by atoms with Crippen LogP contribution < -0.4 is 21.9 Å². The summed E-state index contributed by atoms with van der Waals surface area (Å²) < 4.78 is 0. The molecule has 1 nitrogen and oxygen atoms in total. The normalized spacial score (nSPS) is 11.5. The highest BCUT2D eigenvalue weighted by atomic mass is 79.9. The van der Waals surface area contributed by atoms with Gasteiger partial charge in [-0.15, -0.1) is 6.58 Å². The van der Waals surface area contributed by atoms with Crippen LogP contribution in [0.5, 0.6) is 0 Å². The van der Waals surface area contributed by atoms with Gasteiger partial charge >= 0.3 is 0 Å². The maximum atomic E-state index is 3.73. The molecule has 0 saturated heterocycles. The van der Waals surface area contributed by atoms with E-state index < -0.39 is 0 Å². The first-order chi connectivity index (χ1) is 6.33. The summed E-state index contributed by atoms with van der Waals surface area (Å²) in [6, 6.07) is 10.6. The van der Waals surface area contributed by atoms with Crippen LogP contribution in [0.15, 0.2) is 43.0 Å². The van der Waals surface area contributed by atoms with Gasteiger partial charge in [-0.2, -0.15) is 0 Å². The number of quaternary nitrogens is 1. The van der Waals surface area contributed by atoms with Crippen molar-refractivity contribution in [1.82, 2.24) is 0 Å². The second-order valence-electron chi connectivity index (χ2n) is 3.45. The lowest BCUT2D eigenvalue weighted by atomic mass is 10.2. The topological polar surface area (TPSA) is 4.44 Å². The molecule has 0 bridgehead atoms. The van der Waals surface area contributed by atoms with E-state index in [0.29, 0.717) is 0 Å². The Morgan fingerprint density at radius 1 is 1.29 bits per heavy atom. The van der Waals surface area contributed by atoms with E-state index in [1.807, 2.05) is 6.08 Å². The third-order valence-corrected chi connectivity index (χ3v) is 2.12. The van der Waals surface area contributed by atoms with Gasteiger partial charge in [0.05, 0.1) is 13.6 Å². The molecule has 1 rings (SSSR count). The molecule has 78 valence electrons. The zero-order valence-electron chi connectivity index (χ0n) is 8.67. The van der Waals surface area contributed by atoms with Crippen LogP contribution in [0.4, 0.5) is 0 Å². The van der Waals surface area contributed by atoms with E-state index in [1.165, 1.54) is 17.0 Å². The molecule has 14 heavy (non-hydrogen) atoms. The number of rotatable bonds is 5. The Kier molecular flexibility index (Phi) is 7.44. The van der Waals surface area contributed by atoms with Gasteiger partial charge in [0.25, 0.3) is 0 Å². The third-order valence-electron chi connectivity index (χ3n) is 2.12. The molecule has 0 aliphatic carbocycles. The van der Waals surface area contributed by atoms with Gasteiger partial charge in [-0.05, 0) is 0 Å². The first-order valence-electron chi connectivity index (χ1n) is 4.79. The zero-order chi connectivity index (χ0) is 9.52. The van der Waals surface area contributed by atoms with Crippen molar-refractivity contribution in [2.75, 3.05) is 13.6 Å². The summed E-state index contributed by atoms with van der Waals surface area (Å²) in [5, 5.41) is 0. The molecule has 2 heteroatoms. The van der Waals surface area contributed by atoms with Crippen LogP contribution >= 0.6 is 0 Å². The van der Waals surface area contributed by atoms with Crippen LogP contribution in [-0.2, 0) is 6.54 Å². The molecule has 0 aliphatic rings. The van der Waals surface area contributed by atoms with Crippen LogP contribution in [0.1, 0.15) is 12.0 Å². The minimum Gasteiger partial charge on any atom is -1.00 e. The van der Waals surface area contributed by atoms with E-state index in [9.17, 15) is 0 Å². The molecule has 0 heterocycles. The summed E-state index contributed by atoms with van der Waals surface area (Å²) >= 11 is 0. The standard InChI is InChI=1S/C12H17N.BrH/c1-3-4-10-13(2)11-12-8-6-5-7-9-12;/h3,5-9H,1,4,10-11H2,2H3;1H. The zero-order valence-corrected chi connectivity index (χ0v) is 10.3. The van der Waals surface area contributed by atoms with Gasteiger partial charge in [0.2, 0.25) is 0 Å². The maximum Gasteiger partial charge on any atom is 0.103 e. The second-order valence-corrected chi connectivity index (χ2v) is 3.45. The fourth-order valence-corrected chi connectivity index (χ4v) is 1.38. The van der Waals surface area contributed by atoms with Crippen LogP contribution in [0.2, 0.25) is 0 Å². The fraction of sp³-hybridized carbons (Fsp3) is 0.333. The number of halogens is 1. The van der Waals surface area contributed by atoms with Crippen molar-refractivity contribution in [3.8, 4) is 0 Å². The average Bonchev–Trinajstić information content (AvgIpc) is 2.16. The molecule has 0 saturated carbocycles. The molecule has 1 aromatic carbocycles. The molecule has 0 fully saturated rings. The predicted octanol–water partition coefficient (Wildman–Crippen LogP) is -1.72. The van der Waals surface area contributed by atoms with Gasteiger partial charge in [-0.1, -0.05) is 36.4 Å². The Morgan fingerprint density at radius 2 is 1.93 bits per heavy atom. The predicted molar refractivity (Wildman–Crippen MR) is 56.7 cm³/mol. The van der Waals surface area contributed by atoms with E-state index >= 15 is 0 Å². The SMILES string of the molecule is C=CCC[NH+](C)Cc1ccccc1.[Br-]. The largest absolute Gasteiger partial charge is 1.00 e. The Balaban J connectivity index is 0.00000169. The van der Waals surface area contributed by atoms with Crippen LogP contribution in [0.25, 0.3) is 0 Å². The number of benzene rings is 1. The van der Waals surface area contributed by atoms with E-state index in [1.54, 1.807) is 0 Å². The highest BCUT2D eigenvalue weighted by Gasteiger charge is 2.00. The Bertz CT molecular complexity index is 246. The van der Waals surface area contributed by atoms with Crippen molar-refractivity contribution in [1.29, 1.82) is 0 Å². The second kappa shape index (κ2) is 7.77. The highest BCUT2D eigenvalue weighted by molar-refractivity contribution is 5.13. The molecule has 0 aromatic heterocycles. The molecule has 0 amide bonds. The summed E-state index contributed by atoms with van der Waals surface area (Å²) in [4.78, 5) is 1.53. The molecule has 0 spiro atoms. The van der Waals surface area contributed by atoms with Gasteiger partial charge in [-0.25, -0.2) is 0 Å². The van der Waals surface area contributed by atoms with Crippen LogP contribution in [0, 0.1) is 0 Å². The van der Waals surface area contributed by atoms with E-state index in [2.05, 4.69) is 44.0 Å². The van der Waals surface area contributed by atoms with Crippen molar-refractivity contribution in [2.24, 2.45) is 0 Å². The molecule has 0 radical (unpaired) electrons. The lowest BCUT2D eigenvalue weighted by Crippen LogP contribution is -3.07. The number of hydrogen-bond donors (Lipinski definition) is 1. The third kappa shape index (κ3) is 5.20. The summed E-state index contributed by atoms with van der Waals surface area (Å²) in [5.74, 6) is 0. The van der Waals surface area contributed by atoms with Gasteiger partial charge in [0.1, 0.15) is 6.54 Å². The van der Waals surface area contributed by atoms with Crippen LogP contribution in [-0.4, -0.2) is 13.6 Å². The molecule has 1 N–H and O–H groups in total. The first-order valence-corrected chi connectivity index (χ1v) is 4.79. The minimum atomic E-state index is 0. The Hall–Kier alpha value is -0.600. The Labute approximate surface area is 97.2 Å². The highest BCUT2D eigenvalue weighted by Crippen LogP contribution is 1.94. The van der Waals surface area contributed by atoms with Gasteiger partial charge in [0.15, 0.2) is 0 Å². The summed E-state index contributed by atoms with van der Waals surface area (Å²) in [7, 11) is 2.22. The molecule has 1 unspecified atom stereocenters. The Morgan fingerprint density at radius 3 is 2.50 bits per heavy atom. The van der Waals surface area contributed by atoms with Crippen molar-refractivity contribution < 1.29 is 21.9 Å². The fourth-order valence-electron chi connectivity index (χ4n) is 1.38. The first kappa shape index (κ1) is 13.4. The van der Waals surface area contributed by atoms with Crippen molar-refractivity contribution in [3.63, 3.8) is 0 Å². The molecular formula is C12H18BrN. The lowest BCUT2D eigenvalue weighted by Gasteiger charge is -2.12. The maximum absolute atomic E-state index is 3.73. The average molecular weight is 256 g/mol. The van der Waals surface area contributed by atoms with E-state index in [4.69, 9.17) is 0 Å². The molecule has 0 aliphatic heterocycles. The summed E-state index contributed by atoms with van der Waals surface area (Å²) in [5.41, 5.74) is 1.41. The summed E-state index contributed by atoms with van der Waals surface area (Å²) in [6.07, 6.45) is 3.08. The van der Waals surface area contributed by atoms with Gasteiger partial charge in [0, 0.05) is 12.0 Å². The lowest BCUT2D eigenvalue weighted by molar-refractivity contribution is -0.893. The van der Waals surface area contributed by atoms with E-state index in [-0.39, 0.29) is 17.0 Å². The smallest absolute Gasteiger partial charge is 0.103 e. The van der Waals surface area contributed by atoms with Gasteiger partial charge in [-0.3, -0.25) is 0 Å². The minimum absolute atomic E-state index is 0. The summed E-state index contributed by atoms with van der Waals surface area (Å²) in [6.45, 7) is 6.00. The molecule has 1 aromatic rings. The monoisotopic (exact) mass is 255 g/mol. The van der Waals surface area contributed by atoms with Gasteiger partial charge < -0.3 is 21.9 Å².